The number of ether oxygens (including phenoxy) is 1. The Kier molecular flexibility index (Phi) is 4.67. The van der Waals surface area contributed by atoms with Crippen LogP contribution < -0.4 is 10.1 Å². The van der Waals surface area contributed by atoms with E-state index in [2.05, 4.69) is 21.2 Å². The largest absolute Gasteiger partial charge is 0.503 e. The number of aryl methyl sites for hydroxylation is 1. The maximum absolute atomic E-state index is 13.3. The molecule has 0 unspecified atom stereocenters. The molecule has 0 bridgehead atoms. The highest BCUT2D eigenvalue weighted by Gasteiger charge is 2.11. The van der Waals surface area contributed by atoms with Crippen LogP contribution in [0.3, 0.4) is 0 Å². The molecule has 0 saturated heterocycles. The van der Waals surface area contributed by atoms with Crippen LogP contribution in [0.25, 0.3) is 0 Å². The molecule has 2 rings (SSSR count). The second-order valence-electron chi connectivity index (χ2n) is 4.56. The number of hydrogen-bond donors (Lipinski definition) is 2. The SMILES string of the molecule is COc1cc(Br)cc(C)c1NCc1cc(F)c(O)c(F)c1. The fourth-order valence-electron chi connectivity index (χ4n) is 2.01. The molecule has 0 aliphatic heterocycles. The third-order valence-corrected chi connectivity index (χ3v) is 3.49. The molecular formula is C15H14BrF2NO2. The smallest absolute Gasteiger partial charge is 0.187 e. The first kappa shape index (κ1) is 15.6. The summed E-state index contributed by atoms with van der Waals surface area (Å²) >= 11 is 3.38. The fraction of sp³-hybridized carbons (Fsp3) is 0.200. The molecule has 0 aromatic heterocycles. The van der Waals surface area contributed by atoms with Crippen molar-refractivity contribution < 1.29 is 18.6 Å². The van der Waals surface area contributed by atoms with Crippen molar-refractivity contribution in [3.05, 3.63) is 51.5 Å². The summed E-state index contributed by atoms with van der Waals surface area (Å²) in [4.78, 5) is 0. The van der Waals surface area contributed by atoms with Crippen molar-refractivity contribution in [1.82, 2.24) is 0 Å². The Labute approximate surface area is 129 Å². The summed E-state index contributed by atoms with van der Waals surface area (Å²) in [5.41, 5.74) is 2.06. The van der Waals surface area contributed by atoms with E-state index in [1.165, 1.54) is 0 Å². The molecule has 0 amide bonds. The van der Waals surface area contributed by atoms with Gasteiger partial charge in [0.25, 0.3) is 0 Å². The van der Waals surface area contributed by atoms with Gasteiger partial charge in [-0.1, -0.05) is 15.9 Å². The van der Waals surface area contributed by atoms with E-state index < -0.39 is 17.4 Å². The van der Waals surface area contributed by atoms with Gasteiger partial charge in [0, 0.05) is 11.0 Å². The number of rotatable bonds is 4. The van der Waals surface area contributed by atoms with Gasteiger partial charge >= 0.3 is 0 Å². The van der Waals surface area contributed by atoms with Crippen LogP contribution in [0.5, 0.6) is 11.5 Å². The molecular weight excluding hydrogens is 344 g/mol. The summed E-state index contributed by atoms with van der Waals surface area (Å²) in [7, 11) is 1.55. The summed E-state index contributed by atoms with van der Waals surface area (Å²) in [5.74, 6) is -2.30. The van der Waals surface area contributed by atoms with E-state index in [9.17, 15) is 8.78 Å². The molecule has 2 aromatic carbocycles. The van der Waals surface area contributed by atoms with Crippen LogP contribution in [-0.4, -0.2) is 12.2 Å². The number of phenols is 1. The summed E-state index contributed by atoms with van der Waals surface area (Å²) in [6, 6.07) is 5.88. The van der Waals surface area contributed by atoms with E-state index in [1.54, 1.807) is 13.2 Å². The summed E-state index contributed by atoms with van der Waals surface area (Å²) in [5, 5.41) is 12.2. The van der Waals surface area contributed by atoms with Gasteiger partial charge in [-0.25, -0.2) is 8.78 Å². The van der Waals surface area contributed by atoms with Crippen LogP contribution >= 0.6 is 15.9 Å². The monoisotopic (exact) mass is 357 g/mol. The highest BCUT2D eigenvalue weighted by molar-refractivity contribution is 9.10. The van der Waals surface area contributed by atoms with Crippen molar-refractivity contribution in [3.8, 4) is 11.5 Å². The molecule has 2 aromatic rings. The van der Waals surface area contributed by atoms with Gasteiger partial charge < -0.3 is 15.2 Å². The number of benzene rings is 2. The molecule has 0 atom stereocenters. The van der Waals surface area contributed by atoms with Gasteiger partial charge in [-0.15, -0.1) is 0 Å². The molecule has 3 nitrogen and oxygen atoms in total. The lowest BCUT2D eigenvalue weighted by Gasteiger charge is -2.15. The molecule has 112 valence electrons. The number of aromatic hydroxyl groups is 1. The van der Waals surface area contributed by atoms with E-state index in [4.69, 9.17) is 9.84 Å². The standard InChI is InChI=1S/C15H14BrF2NO2/c1-8-3-10(16)6-13(21-2)14(8)19-7-9-4-11(17)15(20)12(18)5-9/h3-6,19-20H,7H2,1-2H3. The highest BCUT2D eigenvalue weighted by atomic mass is 79.9. The number of nitrogens with one attached hydrogen (secondary N) is 1. The topological polar surface area (TPSA) is 41.5 Å². The van der Waals surface area contributed by atoms with E-state index in [-0.39, 0.29) is 6.54 Å². The number of halogens is 3. The van der Waals surface area contributed by atoms with Crippen molar-refractivity contribution in [2.45, 2.75) is 13.5 Å². The van der Waals surface area contributed by atoms with Gasteiger partial charge in [0.2, 0.25) is 0 Å². The zero-order valence-corrected chi connectivity index (χ0v) is 13.1. The van der Waals surface area contributed by atoms with Crippen LogP contribution in [-0.2, 0) is 6.54 Å². The predicted octanol–water partition coefficient (Wildman–Crippen LogP) is 4.36. The first-order valence-corrected chi connectivity index (χ1v) is 6.96. The number of phenolic OH excluding ortho intramolecular Hbond substituents is 1. The van der Waals surface area contributed by atoms with Gasteiger partial charge in [0.15, 0.2) is 17.4 Å². The first-order chi connectivity index (χ1) is 9.92. The van der Waals surface area contributed by atoms with Crippen LogP contribution in [0, 0.1) is 18.6 Å². The summed E-state index contributed by atoms with van der Waals surface area (Å²) in [6.07, 6.45) is 0. The lowest BCUT2D eigenvalue weighted by molar-refractivity contribution is 0.395. The Morgan fingerprint density at radius 3 is 2.38 bits per heavy atom. The van der Waals surface area contributed by atoms with E-state index in [1.807, 2.05) is 13.0 Å². The molecule has 0 heterocycles. The van der Waals surface area contributed by atoms with Crippen LogP contribution in [0.1, 0.15) is 11.1 Å². The lowest BCUT2D eigenvalue weighted by atomic mass is 10.1. The van der Waals surface area contributed by atoms with Crippen LogP contribution in [0.2, 0.25) is 0 Å². The Morgan fingerprint density at radius 1 is 1.19 bits per heavy atom. The van der Waals surface area contributed by atoms with E-state index in [0.717, 1.165) is 27.9 Å². The van der Waals surface area contributed by atoms with Gasteiger partial charge in [-0.3, -0.25) is 0 Å². The average molecular weight is 358 g/mol. The Balaban J connectivity index is 2.24. The zero-order valence-electron chi connectivity index (χ0n) is 11.5. The van der Waals surface area contributed by atoms with Crippen molar-refractivity contribution in [1.29, 1.82) is 0 Å². The normalized spacial score (nSPS) is 10.5. The summed E-state index contributed by atoms with van der Waals surface area (Å²) in [6.45, 7) is 2.10. The van der Waals surface area contributed by atoms with Crippen molar-refractivity contribution in [2.75, 3.05) is 12.4 Å². The number of hydrogen-bond acceptors (Lipinski definition) is 3. The Bertz CT molecular complexity index is 654. The fourth-order valence-corrected chi connectivity index (χ4v) is 2.56. The minimum absolute atomic E-state index is 0.201. The predicted molar refractivity (Wildman–Crippen MR) is 80.8 cm³/mol. The van der Waals surface area contributed by atoms with Gasteiger partial charge in [-0.05, 0) is 42.3 Å². The van der Waals surface area contributed by atoms with Gasteiger partial charge in [-0.2, -0.15) is 0 Å². The van der Waals surface area contributed by atoms with Crippen LogP contribution in [0.15, 0.2) is 28.7 Å². The van der Waals surface area contributed by atoms with Crippen molar-refractivity contribution in [2.24, 2.45) is 0 Å². The minimum atomic E-state index is -0.980. The van der Waals surface area contributed by atoms with Crippen LogP contribution in [0.4, 0.5) is 14.5 Å². The molecule has 0 radical (unpaired) electrons. The maximum atomic E-state index is 13.3. The molecule has 0 spiro atoms. The van der Waals surface area contributed by atoms with E-state index >= 15 is 0 Å². The third-order valence-electron chi connectivity index (χ3n) is 3.03. The molecule has 6 heteroatoms. The summed E-state index contributed by atoms with van der Waals surface area (Å²) < 4.78 is 32.7. The highest BCUT2D eigenvalue weighted by Crippen LogP contribution is 2.32. The molecule has 0 fully saturated rings. The third kappa shape index (κ3) is 3.44. The number of anilines is 1. The van der Waals surface area contributed by atoms with Crippen molar-refractivity contribution in [3.63, 3.8) is 0 Å². The minimum Gasteiger partial charge on any atom is -0.503 e. The Morgan fingerprint density at radius 2 is 1.81 bits per heavy atom. The molecule has 0 aliphatic carbocycles. The zero-order chi connectivity index (χ0) is 15.6. The quantitative estimate of drug-likeness (QED) is 0.853. The molecule has 21 heavy (non-hydrogen) atoms. The lowest BCUT2D eigenvalue weighted by Crippen LogP contribution is -2.04. The van der Waals surface area contributed by atoms with Gasteiger partial charge in [0.1, 0.15) is 5.75 Å². The maximum Gasteiger partial charge on any atom is 0.187 e. The molecule has 0 saturated carbocycles. The van der Waals surface area contributed by atoms with Crippen molar-refractivity contribution >= 4 is 21.6 Å². The Hall–Kier alpha value is -1.82. The first-order valence-electron chi connectivity index (χ1n) is 6.17. The second kappa shape index (κ2) is 6.30. The molecule has 0 aliphatic rings. The second-order valence-corrected chi connectivity index (χ2v) is 5.48. The average Bonchev–Trinajstić information content (AvgIpc) is 2.42. The van der Waals surface area contributed by atoms with E-state index in [0.29, 0.717) is 11.3 Å². The van der Waals surface area contributed by atoms with Gasteiger partial charge in [0.05, 0.1) is 12.8 Å². The molecule has 2 N–H and O–H groups in total. The number of methoxy groups -OCH3 is 1.